The first-order chi connectivity index (χ1) is 17.5. The fourth-order valence-electron chi connectivity index (χ4n) is 5.78. The van der Waals surface area contributed by atoms with Crippen LogP contribution >= 0.6 is 0 Å². The van der Waals surface area contributed by atoms with Gasteiger partial charge >= 0.3 is 0 Å². The molecule has 0 spiro atoms. The third kappa shape index (κ3) is 4.71. The quantitative estimate of drug-likeness (QED) is 0.476. The first kappa shape index (κ1) is 24.4. The lowest BCUT2D eigenvalue weighted by atomic mass is 9.91. The van der Waals surface area contributed by atoms with E-state index in [2.05, 4.69) is 36.5 Å². The average Bonchev–Trinajstić information content (AvgIpc) is 3.28. The molecule has 1 aromatic heterocycles. The summed E-state index contributed by atoms with van der Waals surface area (Å²) in [5.74, 6) is -0.143. The van der Waals surface area contributed by atoms with E-state index in [1.165, 1.54) is 19.3 Å². The second-order valence-electron chi connectivity index (χ2n) is 10.7. The fraction of sp³-hybridized carbons (Fsp3) is 0.419. The van der Waals surface area contributed by atoms with Gasteiger partial charge in [0.05, 0.1) is 6.54 Å². The van der Waals surface area contributed by atoms with Crippen LogP contribution in [-0.2, 0) is 17.9 Å². The van der Waals surface area contributed by atoms with Crippen LogP contribution in [0, 0.1) is 6.92 Å². The van der Waals surface area contributed by atoms with Crippen molar-refractivity contribution < 1.29 is 9.59 Å². The van der Waals surface area contributed by atoms with Gasteiger partial charge in [-0.2, -0.15) is 0 Å². The minimum Gasteiger partial charge on any atom is -0.351 e. The van der Waals surface area contributed by atoms with Gasteiger partial charge in [-0.25, -0.2) is 0 Å². The second kappa shape index (κ2) is 10.3. The molecule has 5 heteroatoms. The average molecular weight is 484 g/mol. The summed E-state index contributed by atoms with van der Waals surface area (Å²) >= 11 is 0. The van der Waals surface area contributed by atoms with Gasteiger partial charge < -0.3 is 14.8 Å². The normalized spacial score (nSPS) is 20.9. The van der Waals surface area contributed by atoms with E-state index in [0.29, 0.717) is 18.8 Å². The lowest BCUT2D eigenvalue weighted by Gasteiger charge is -2.45. The first-order valence-electron chi connectivity index (χ1n) is 13.4. The number of nitrogens with zero attached hydrogens (tertiary/aromatic N) is 2. The van der Waals surface area contributed by atoms with Gasteiger partial charge in [0.15, 0.2) is 0 Å². The highest BCUT2D eigenvalue weighted by atomic mass is 16.2. The summed E-state index contributed by atoms with van der Waals surface area (Å²) in [7, 11) is 0. The van der Waals surface area contributed by atoms with E-state index in [1.807, 2.05) is 54.0 Å². The van der Waals surface area contributed by atoms with E-state index < -0.39 is 5.54 Å². The molecule has 188 valence electrons. The molecule has 36 heavy (non-hydrogen) atoms. The molecule has 1 saturated carbocycles. The molecule has 1 fully saturated rings. The molecule has 1 N–H and O–H groups in total. The van der Waals surface area contributed by atoms with Crippen molar-refractivity contribution in [2.45, 2.75) is 83.5 Å². The van der Waals surface area contributed by atoms with Gasteiger partial charge in [0, 0.05) is 18.3 Å². The second-order valence-corrected chi connectivity index (χ2v) is 10.7. The van der Waals surface area contributed by atoms with E-state index in [-0.39, 0.29) is 17.9 Å². The van der Waals surface area contributed by atoms with Crippen LogP contribution in [0.15, 0.2) is 66.7 Å². The van der Waals surface area contributed by atoms with Gasteiger partial charge in [0.2, 0.25) is 5.91 Å². The monoisotopic (exact) mass is 483 g/mol. The Hall–Kier alpha value is -3.34. The molecular formula is C31H37N3O2. The molecular weight excluding hydrogens is 446 g/mol. The van der Waals surface area contributed by atoms with Gasteiger partial charge in [-0.15, -0.1) is 0 Å². The highest BCUT2D eigenvalue weighted by Gasteiger charge is 2.48. The number of benzene rings is 2. The third-order valence-corrected chi connectivity index (χ3v) is 8.10. The molecule has 2 aromatic carbocycles. The summed E-state index contributed by atoms with van der Waals surface area (Å²) in [5.41, 5.74) is 3.85. The van der Waals surface area contributed by atoms with Crippen molar-refractivity contribution in [1.82, 2.24) is 14.8 Å². The van der Waals surface area contributed by atoms with Crippen LogP contribution < -0.4 is 5.32 Å². The largest absolute Gasteiger partial charge is 0.351 e. The number of hydrogen-bond acceptors (Lipinski definition) is 2. The zero-order valence-corrected chi connectivity index (χ0v) is 21.5. The zero-order chi connectivity index (χ0) is 25.1. The summed E-state index contributed by atoms with van der Waals surface area (Å²) in [5, 5.41) is 3.38. The van der Waals surface area contributed by atoms with Gasteiger partial charge in [-0.3, -0.25) is 9.59 Å². The van der Waals surface area contributed by atoms with Crippen molar-refractivity contribution >= 4 is 11.8 Å². The molecule has 0 bridgehead atoms. The lowest BCUT2D eigenvalue weighted by Crippen LogP contribution is -2.64. The number of carbonyl (C=O) groups is 2. The van der Waals surface area contributed by atoms with Crippen LogP contribution in [0.4, 0.5) is 0 Å². The van der Waals surface area contributed by atoms with Gasteiger partial charge in [-0.1, -0.05) is 86.7 Å². The Morgan fingerprint density at radius 1 is 0.889 bits per heavy atom. The van der Waals surface area contributed by atoms with Gasteiger partial charge in [-0.05, 0) is 55.5 Å². The van der Waals surface area contributed by atoms with Gasteiger partial charge in [0.25, 0.3) is 5.91 Å². The van der Waals surface area contributed by atoms with Crippen molar-refractivity contribution in [3.05, 3.63) is 83.6 Å². The Balaban J connectivity index is 1.52. The Morgan fingerprint density at radius 3 is 2.25 bits per heavy atom. The Kier molecular flexibility index (Phi) is 6.99. The van der Waals surface area contributed by atoms with Crippen LogP contribution in [0.1, 0.15) is 73.5 Å². The Labute approximate surface area is 214 Å². The highest BCUT2D eigenvalue weighted by molar-refractivity contribution is 6.00. The summed E-state index contributed by atoms with van der Waals surface area (Å²) in [6, 6.07) is 22.3. The predicted octanol–water partition coefficient (Wildman–Crippen LogP) is 6.11. The number of hydrogen-bond donors (Lipinski definition) is 1. The minimum absolute atomic E-state index is 0.0478. The number of aromatic nitrogens is 1. The summed E-state index contributed by atoms with van der Waals surface area (Å²) in [6.45, 7) is 4.84. The van der Waals surface area contributed by atoms with Crippen LogP contribution in [0.3, 0.4) is 0 Å². The number of aryl methyl sites for hydroxylation is 1. The number of amides is 2. The first-order valence-corrected chi connectivity index (χ1v) is 13.4. The molecule has 1 unspecified atom stereocenters. The molecule has 1 aliphatic carbocycles. The van der Waals surface area contributed by atoms with Crippen molar-refractivity contribution in [3.63, 3.8) is 0 Å². The number of carbonyl (C=O) groups excluding carboxylic acids is 2. The lowest BCUT2D eigenvalue weighted by molar-refractivity contribution is -0.134. The van der Waals surface area contributed by atoms with E-state index in [1.54, 1.807) is 4.90 Å². The van der Waals surface area contributed by atoms with Crippen molar-refractivity contribution in [1.29, 1.82) is 0 Å². The van der Waals surface area contributed by atoms with E-state index in [4.69, 9.17) is 0 Å². The molecule has 1 atom stereocenters. The molecule has 3 aromatic rings. The Bertz CT molecular complexity index is 1220. The molecule has 2 amide bonds. The third-order valence-electron chi connectivity index (χ3n) is 8.10. The minimum atomic E-state index is -1.00. The molecule has 2 heterocycles. The summed E-state index contributed by atoms with van der Waals surface area (Å²) in [4.78, 5) is 29.9. The molecule has 2 aliphatic rings. The van der Waals surface area contributed by atoms with E-state index >= 15 is 0 Å². The number of rotatable bonds is 5. The van der Waals surface area contributed by atoms with Gasteiger partial charge in [0.1, 0.15) is 11.2 Å². The molecule has 5 rings (SSSR count). The SMILES string of the molecule is Cc1ccccc1CN1C(=O)c2ccc(-c3ccccc3)n2CC1(C)C(=O)NC1CCCCCCC1. The maximum Gasteiger partial charge on any atom is 0.271 e. The molecule has 1 aliphatic heterocycles. The van der Waals surface area contributed by atoms with Crippen LogP contribution in [0.5, 0.6) is 0 Å². The summed E-state index contributed by atoms with van der Waals surface area (Å²) < 4.78 is 2.05. The van der Waals surface area contributed by atoms with Crippen LogP contribution in [0.25, 0.3) is 11.3 Å². The van der Waals surface area contributed by atoms with Crippen molar-refractivity contribution in [2.75, 3.05) is 0 Å². The maximum atomic E-state index is 14.1. The molecule has 0 saturated heterocycles. The molecule has 0 radical (unpaired) electrons. The fourth-order valence-corrected chi connectivity index (χ4v) is 5.78. The maximum absolute atomic E-state index is 14.1. The Morgan fingerprint density at radius 2 is 1.53 bits per heavy atom. The van der Waals surface area contributed by atoms with E-state index in [0.717, 1.165) is 48.1 Å². The smallest absolute Gasteiger partial charge is 0.271 e. The number of nitrogens with one attached hydrogen (secondary N) is 1. The predicted molar refractivity (Wildman–Crippen MR) is 144 cm³/mol. The van der Waals surface area contributed by atoms with Crippen LogP contribution in [-0.4, -0.2) is 32.9 Å². The highest BCUT2D eigenvalue weighted by Crippen LogP contribution is 2.35. The van der Waals surface area contributed by atoms with Crippen LogP contribution in [0.2, 0.25) is 0 Å². The molecule has 5 nitrogen and oxygen atoms in total. The summed E-state index contributed by atoms with van der Waals surface area (Å²) in [6.07, 6.45) is 8.06. The standard InChI is InChI=1S/C31H37N3O2/c1-23-13-11-12-16-25(23)21-34-29(35)28-20-19-27(24-14-7-6-8-15-24)33(28)22-31(34,2)30(36)32-26-17-9-4-3-5-10-18-26/h6-8,11-16,19-20,26H,3-5,9-10,17-18,21-22H2,1-2H3,(H,32,36). The van der Waals surface area contributed by atoms with Crippen molar-refractivity contribution in [2.24, 2.45) is 0 Å². The van der Waals surface area contributed by atoms with Crippen molar-refractivity contribution in [3.8, 4) is 11.3 Å². The van der Waals surface area contributed by atoms with E-state index in [9.17, 15) is 9.59 Å². The number of fused-ring (bicyclic) bond motifs is 1. The topological polar surface area (TPSA) is 54.3 Å². The zero-order valence-electron chi connectivity index (χ0n) is 21.5.